The SMILES string of the molecule is Cc1ccccc1-c1ncc(CNCCc2nc3c(s2)CCC3)s1. The first-order valence-electron chi connectivity index (χ1n) is 8.48. The maximum absolute atomic E-state index is 4.76. The Hall–Kier alpha value is -1.56. The molecule has 0 amide bonds. The smallest absolute Gasteiger partial charge is 0.123 e. The maximum Gasteiger partial charge on any atom is 0.123 e. The van der Waals surface area contributed by atoms with Crippen molar-refractivity contribution in [2.24, 2.45) is 0 Å². The number of aromatic nitrogens is 2. The Morgan fingerprint density at radius 3 is 2.96 bits per heavy atom. The number of fused-ring (bicyclic) bond motifs is 1. The first-order valence-corrected chi connectivity index (χ1v) is 10.1. The van der Waals surface area contributed by atoms with Crippen LogP contribution in [0.25, 0.3) is 10.6 Å². The fourth-order valence-electron chi connectivity index (χ4n) is 3.08. The van der Waals surface area contributed by atoms with Crippen molar-refractivity contribution in [1.82, 2.24) is 15.3 Å². The van der Waals surface area contributed by atoms with Crippen LogP contribution in [0, 0.1) is 6.92 Å². The summed E-state index contributed by atoms with van der Waals surface area (Å²) in [5, 5.41) is 5.93. The highest BCUT2D eigenvalue weighted by Crippen LogP contribution is 2.28. The second-order valence-corrected chi connectivity index (χ2v) is 8.49. The Labute approximate surface area is 150 Å². The van der Waals surface area contributed by atoms with Gasteiger partial charge in [0.15, 0.2) is 0 Å². The van der Waals surface area contributed by atoms with E-state index < -0.39 is 0 Å². The Kier molecular flexibility index (Phi) is 4.74. The molecule has 2 aromatic heterocycles. The molecule has 5 heteroatoms. The Bertz CT molecular complexity index is 813. The minimum atomic E-state index is 0.884. The van der Waals surface area contributed by atoms with E-state index >= 15 is 0 Å². The molecule has 3 nitrogen and oxygen atoms in total. The fourth-order valence-corrected chi connectivity index (χ4v) is 5.21. The van der Waals surface area contributed by atoms with Crippen LogP contribution in [0.15, 0.2) is 30.5 Å². The van der Waals surface area contributed by atoms with Gasteiger partial charge in [0.1, 0.15) is 5.01 Å². The zero-order valence-electron chi connectivity index (χ0n) is 13.8. The number of nitrogens with zero attached hydrogens (tertiary/aromatic N) is 2. The van der Waals surface area contributed by atoms with Crippen LogP contribution >= 0.6 is 22.7 Å². The quantitative estimate of drug-likeness (QED) is 0.666. The summed E-state index contributed by atoms with van der Waals surface area (Å²) >= 11 is 3.69. The van der Waals surface area contributed by atoms with E-state index in [2.05, 4.69) is 41.5 Å². The van der Waals surface area contributed by atoms with E-state index in [1.165, 1.54) is 50.8 Å². The topological polar surface area (TPSA) is 37.8 Å². The monoisotopic (exact) mass is 355 g/mol. The van der Waals surface area contributed by atoms with Gasteiger partial charge < -0.3 is 5.32 Å². The molecule has 2 heterocycles. The second-order valence-electron chi connectivity index (χ2n) is 6.20. The summed E-state index contributed by atoms with van der Waals surface area (Å²) in [7, 11) is 0. The van der Waals surface area contributed by atoms with Crippen LogP contribution in [-0.4, -0.2) is 16.5 Å². The molecular weight excluding hydrogens is 334 g/mol. The highest BCUT2D eigenvalue weighted by atomic mass is 32.1. The summed E-state index contributed by atoms with van der Waals surface area (Å²) in [6, 6.07) is 8.43. The van der Waals surface area contributed by atoms with Crippen molar-refractivity contribution < 1.29 is 0 Å². The van der Waals surface area contributed by atoms with E-state index in [1.54, 1.807) is 11.3 Å². The summed E-state index contributed by atoms with van der Waals surface area (Å²) in [5.41, 5.74) is 3.88. The lowest BCUT2D eigenvalue weighted by Crippen LogP contribution is -2.15. The number of hydrogen-bond acceptors (Lipinski definition) is 5. The predicted molar refractivity (Wildman–Crippen MR) is 102 cm³/mol. The molecule has 0 atom stereocenters. The lowest BCUT2D eigenvalue weighted by Gasteiger charge is -2.01. The molecule has 0 unspecified atom stereocenters. The number of benzene rings is 1. The van der Waals surface area contributed by atoms with Crippen molar-refractivity contribution in [2.75, 3.05) is 6.54 Å². The molecule has 24 heavy (non-hydrogen) atoms. The van der Waals surface area contributed by atoms with Gasteiger partial charge in [0.2, 0.25) is 0 Å². The predicted octanol–water partition coefficient (Wildman–Crippen LogP) is 4.40. The third-order valence-electron chi connectivity index (χ3n) is 4.38. The molecule has 0 bridgehead atoms. The maximum atomic E-state index is 4.76. The first-order chi connectivity index (χ1) is 11.8. The van der Waals surface area contributed by atoms with E-state index in [9.17, 15) is 0 Å². The highest BCUT2D eigenvalue weighted by molar-refractivity contribution is 7.15. The average molecular weight is 356 g/mol. The molecule has 1 N–H and O–H groups in total. The van der Waals surface area contributed by atoms with Gasteiger partial charge in [0.25, 0.3) is 0 Å². The molecule has 0 saturated carbocycles. The lowest BCUT2D eigenvalue weighted by molar-refractivity contribution is 0.689. The number of hydrogen-bond donors (Lipinski definition) is 1. The van der Waals surface area contributed by atoms with Gasteiger partial charge in [-0.1, -0.05) is 24.3 Å². The largest absolute Gasteiger partial charge is 0.311 e. The Balaban J connectivity index is 1.29. The van der Waals surface area contributed by atoms with Crippen LogP contribution in [0.5, 0.6) is 0 Å². The number of nitrogens with one attached hydrogen (secondary N) is 1. The summed E-state index contributed by atoms with van der Waals surface area (Å²) < 4.78 is 0. The van der Waals surface area contributed by atoms with E-state index in [4.69, 9.17) is 4.98 Å². The van der Waals surface area contributed by atoms with E-state index in [0.29, 0.717) is 0 Å². The van der Waals surface area contributed by atoms with Crippen molar-refractivity contribution in [3.63, 3.8) is 0 Å². The Morgan fingerprint density at radius 1 is 1.17 bits per heavy atom. The van der Waals surface area contributed by atoms with Crippen LogP contribution in [0.4, 0.5) is 0 Å². The van der Waals surface area contributed by atoms with E-state index in [-0.39, 0.29) is 0 Å². The van der Waals surface area contributed by atoms with Crippen LogP contribution in [0.2, 0.25) is 0 Å². The third kappa shape index (κ3) is 3.43. The van der Waals surface area contributed by atoms with Crippen LogP contribution in [0.3, 0.4) is 0 Å². The van der Waals surface area contributed by atoms with Crippen LogP contribution in [-0.2, 0) is 25.8 Å². The van der Waals surface area contributed by atoms with E-state index in [0.717, 1.165) is 24.5 Å². The van der Waals surface area contributed by atoms with Gasteiger partial charge in [-0.3, -0.25) is 0 Å². The highest BCUT2D eigenvalue weighted by Gasteiger charge is 2.16. The van der Waals surface area contributed by atoms with E-state index in [1.807, 2.05) is 17.5 Å². The minimum absolute atomic E-state index is 0.884. The molecule has 3 aromatic rings. The fraction of sp³-hybridized carbons (Fsp3) is 0.368. The molecule has 4 rings (SSSR count). The van der Waals surface area contributed by atoms with Crippen molar-refractivity contribution in [1.29, 1.82) is 0 Å². The summed E-state index contributed by atoms with van der Waals surface area (Å²) in [6.45, 7) is 4.00. The average Bonchev–Trinajstić information content (AvgIpc) is 3.28. The first kappa shape index (κ1) is 15.9. The molecule has 1 aliphatic carbocycles. The van der Waals surface area contributed by atoms with Gasteiger partial charge in [-0.15, -0.1) is 22.7 Å². The zero-order valence-corrected chi connectivity index (χ0v) is 15.5. The number of rotatable bonds is 6. The third-order valence-corrected chi connectivity index (χ3v) is 6.63. The summed E-state index contributed by atoms with van der Waals surface area (Å²) in [5.74, 6) is 0. The Morgan fingerprint density at radius 2 is 2.08 bits per heavy atom. The van der Waals surface area contributed by atoms with Crippen molar-refractivity contribution in [3.8, 4) is 10.6 Å². The molecule has 0 aliphatic heterocycles. The van der Waals surface area contributed by atoms with Gasteiger partial charge in [0.05, 0.1) is 10.7 Å². The summed E-state index contributed by atoms with van der Waals surface area (Å²) in [4.78, 5) is 12.2. The molecule has 0 fully saturated rings. The van der Waals surface area contributed by atoms with Crippen molar-refractivity contribution in [3.05, 3.63) is 56.5 Å². The normalized spacial score (nSPS) is 13.4. The van der Waals surface area contributed by atoms with Gasteiger partial charge >= 0.3 is 0 Å². The molecule has 0 saturated heterocycles. The molecular formula is C19H21N3S2. The number of aryl methyl sites for hydroxylation is 3. The standard InChI is InChI=1S/C19H21N3S2/c1-13-5-2-3-6-15(13)19-21-12-14(23-19)11-20-10-9-18-22-16-7-4-8-17(16)24-18/h2-3,5-6,12,20H,4,7-11H2,1H3. The second kappa shape index (κ2) is 7.13. The molecule has 0 spiro atoms. The zero-order chi connectivity index (χ0) is 16.4. The molecule has 0 radical (unpaired) electrons. The lowest BCUT2D eigenvalue weighted by atomic mass is 10.1. The van der Waals surface area contributed by atoms with Gasteiger partial charge in [-0.25, -0.2) is 9.97 Å². The van der Waals surface area contributed by atoms with Crippen LogP contribution in [0.1, 0.15) is 32.4 Å². The molecule has 124 valence electrons. The van der Waals surface area contributed by atoms with Gasteiger partial charge in [-0.05, 0) is 31.7 Å². The summed E-state index contributed by atoms with van der Waals surface area (Å²) in [6.07, 6.45) is 6.74. The van der Waals surface area contributed by atoms with Gasteiger partial charge in [0, 0.05) is 41.0 Å². The van der Waals surface area contributed by atoms with Gasteiger partial charge in [-0.2, -0.15) is 0 Å². The van der Waals surface area contributed by atoms with Crippen LogP contribution < -0.4 is 5.32 Å². The van der Waals surface area contributed by atoms with Crippen molar-refractivity contribution >= 4 is 22.7 Å². The van der Waals surface area contributed by atoms with Crippen molar-refractivity contribution in [2.45, 2.75) is 39.2 Å². The molecule has 1 aromatic carbocycles. The molecule has 1 aliphatic rings. The number of thiazole rings is 2. The minimum Gasteiger partial charge on any atom is -0.311 e.